The summed E-state index contributed by atoms with van der Waals surface area (Å²) < 4.78 is 10.8. The summed E-state index contributed by atoms with van der Waals surface area (Å²) in [5.41, 5.74) is 2.42. The van der Waals surface area contributed by atoms with E-state index in [1.807, 2.05) is 17.0 Å². The lowest BCUT2D eigenvalue weighted by Gasteiger charge is -2.30. The molecule has 1 aliphatic heterocycles. The van der Waals surface area contributed by atoms with E-state index in [4.69, 9.17) is 9.47 Å². The molecule has 0 spiro atoms. The molecule has 1 aromatic carbocycles. The van der Waals surface area contributed by atoms with E-state index in [1.54, 1.807) is 14.2 Å². The summed E-state index contributed by atoms with van der Waals surface area (Å²) in [5, 5.41) is 3.56. The molecule has 5 nitrogen and oxygen atoms in total. The maximum absolute atomic E-state index is 12.6. The average molecular weight is 346 g/mol. The van der Waals surface area contributed by atoms with Gasteiger partial charge in [-0.05, 0) is 42.5 Å². The number of carbonyl (C=O) groups is 1. The molecule has 3 rings (SSSR count). The van der Waals surface area contributed by atoms with E-state index in [9.17, 15) is 4.79 Å². The summed E-state index contributed by atoms with van der Waals surface area (Å²) in [6, 6.07) is 4.66. The Morgan fingerprint density at radius 1 is 1.12 bits per heavy atom. The number of amides is 1. The Balaban J connectivity index is 1.53. The maximum Gasteiger partial charge on any atom is 0.224 e. The van der Waals surface area contributed by atoms with Gasteiger partial charge in [0.2, 0.25) is 5.91 Å². The number of fused-ring (bicyclic) bond motifs is 1. The SMILES string of the molecule is COc1cc2c(cc1OC)CN(C(=O)CCNC1CCCCC1)CC2. The normalized spacial score (nSPS) is 17.9. The van der Waals surface area contributed by atoms with Gasteiger partial charge in [-0.15, -0.1) is 0 Å². The Morgan fingerprint density at radius 2 is 1.80 bits per heavy atom. The molecule has 0 bridgehead atoms. The second-order valence-electron chi connectivity index (χ2n) is 7.08. The Kier molecular flexibility index (Phi) is 6.19. The quantitative estimate of drug-likeness (QED) is 0.860. The minimum atomic E-state index is 0.240. The molecule has 1 fully saturated rings. The molecular weight excluding hydrogens is 316 g/mol. The Labute approximate surface area is 150 Å². The maximum atomic E-state index is 12.6. The van der Waals surface area contributed by atoms with Crippen LogP contribution >= 0.6 is 0 Å². The molecular formula is C20H30N2O3. The Morgan fingerprint density at radius 3 is 2.48 bits per heavy atom. The summed E-state index contributed by atoms with van der Waals surface area (Å²) in [4.78, 5) is 14.5. The number of carbonyl (C=O) groups excluding carboxylic acids is 1. The van der Waals surface area contributed by atoms with Crippen LogP contribution in [0.2, 0.25) is 0 Å². The van der Waals surface area contributed by atoms with Crippen LogP contribution in [0.15, 0.2) is 12.1 Å². The van der Waals surface area contributed by atoms with Gasteiger partial charge in [0, 0.05) is 32.1 Å². The smallest absolute Gasteiger partial charge is 0.224 e. The van der Waals surface area contributed by atoms with Crippen molar-refractivity contribution in [2.24, 2.45) is 0 Å². The third-order valence-corrected chi connectivity index (χ3v) is 5.45. The predicted octanol–water partition coefficient (Wildman–Crippen LogP) is 2.90. The van der Waals surface area contributed by atoms with E-state index in [0.717, 1.165) is 36.6 Å². The van der Waals surface area contributed by atoms with Gasteiger partial charge in [-0.1, -0.05) is 19.3 Å². The molecule has 138 valence electrons. The molecule has 2 aliphatic rings. The fourth-order valence-corrected chi connectivity index (χ4v) is 3.94. The third kappa shape index (κ3) is 4.46. The highest BCUT2D eigenvalue weighted by Crippen LogP contribution is 2.33. The van der Waals surface area contributed by atoms with Gasteiger partial charge < -0.3 is 19.7 Å². The summed E-state index contributed by atoms with van der Waals surface area (Å²) in [6.07, 6.45) is 7.97. The number of benzene rings is 1. The zero-order valence-corrected chi connectivity index (χ0v) is 15.5. The van der Waals surface area contributed by atoms with Gasteiger partial charge in [-0.3, -0.25) is 4.79 Å². The third-order valence-electron chi connectivity index (χ3n) is 5.45. The second-order valence-corrected chi connectivity index (χ2v) is 7.08. The van der Waals surface area contributed by atoms with E-state index < -0.39 is 0 Å². The number of hydrogen-bond acceptors (Lipinski definition) is 4. The van der Waals surface area contributed by atoms with E-state index in [1.165, 1.54) is 37.7 Å². The monoisotopic (exact) mass is 346 g/mol. The number of nitrogens with one attached hydrogen (secondary N) is 1. The first-order valence-corrected chi connectivity index (χ1v) is 9.46. The van der Waals surface area contributed by atoms with E-state index in [-0.39, 0.29) is 5.91 Å². The van der Waals surface area contributed by atoms with Crippen LogP contribution in [0, 0.1) is 0 Å². The van der Waals surface area contributed by atoms with Crippen molar-refractivity contribution in [2.75, 3.05) is 27.3 Å². The van der Waals surface area contributed by atoms with Gasteiger partial charge in [0.25, 0.3) is 0 Å². The number of nitrogens with zero attached hydrogens (tertiary/aromatic N) is 1. The highest BCUT2D eigenvalue weighted by Gasteiger charge is 2.23. The van der Waals surface area contributed by atoms with Crippen LogP contribution in [-0.2, 0) is 17.8 Å². The molecule has 1 aliphatic carbocycles. The molecule has 25 heavy (non-hydrogen) atoms. The standard InChI is InChI=1S/C20H30N2O3/c1-24-18-12-15-9-11-22(14-16(15)13-19(18)25-2)20(23)8-10-21-17-6-4-3-5-7-17/h12-13,17,21H,3-11,14H2,1-2H3. The zero-order chi connectivity index (χ0) is 17.6. The van der Waals surface area contributed by atoms with Crippen molar-refractivity contribution < 1.29 is 14.3 Å². The molecule has 1 aromatic rings. The van der Waals surface area contributed by atoms with Gasteiger partial charge in [0.05, 0.1) is 14.2 Å². The minimum absolute atomic E-state index is 0.240. The highest BCUT2D eigenvalue weighted by molar-refractivity contribution is 5.76. The lowest BCUT2D eigenvalue weighted by molar-refractivity contribution is -0.132. The van der Waals surface area contributed by atoms with E-state index in [0.29, 0.717) is 19.0 Å². The molecule has 1 heterocycles. The first kappa shape index (κ1) is 18.1. The lowest BCUT2D eigenvalue weighted by Crippen LogP contribution is -2.39. The molecule has 0 atom stereocenters. The number of hydrogen-bond donors (Lipinski definition) is 1. The molecule has 0 aromatic heterocycles. The highest BCUT2D eigenvalue weighted by atomic mass is 16.5. The molecule has 1 N–H and O–H groups in total. The van der Waals surface area contributed by atoms with Crippen LogP contribution in [0.1, 0.15) is 49.7 Å². The number of rotatable bonds is 6. The fraction of sp³-hybridized carbons (Fsp3) is 0.650. The zero-order valence-electron chi connectivity index (χ0n) is 15.5. The van der Waals surface area contributed by atoms with Crippen molar-refractivity contribution in [3.05, 3.63) is 23.3 Å². The summed E-state index contributed by atoms with van der Waals surface area (Å²) >= 11 is 0. The minimum Gasteiger partial charge on any atom is -0.493 e. The van der Waals surface area contributed by atoms with Crippen LogP contribution in [0.5, 0.6) is 11.5 Å². The van der Waals surface area contributed by atoms with Gasteiger partial charge in [-0.2, -0.15) is 0 Å². The van der Waals surface area contributed by atoms with Crippen molar-refractivity contribution >= 4 is 5.91 Å². The first-order valence-electron chi connectivity index (χ1n) is 9.46. The van der Waals surface area contributed by atoms with Crippen LogP contribution in [0.4, 0.5) is 0 Å². The lowest BCUT2D eigenvalue weighted by atomic mass is 9.95. The Bertz CT molecular complexity index is 597. The van der Waals surface area contributed by atoms with Gasteiger partial charge >= 0.3 is 0 Å². The summed E-state index contributed by atoms with van der Waals surface area (Å²) in [5.74, 6) is 1.73. The molecule has 0 saturated heterocycles. The topological polar surface area (TPSA) is 50.8 Å². The second kappa shape index (κ2) is 8.56. The molecule has 0 unspecified atom stereocenters. The predicted molar refractivity (Wildman–Crippen MR) is 98.2 cm³/mol. The molecule has 1 saturated carbocycles. The van der Waals surface area contributed by atoms with Gasteiger partial charge in [0.1, 0.15) is 0 Å². The van der Waals surface area contributed by atoms with Crippen LogP contribution < -0.4 is 14.8 Å². The van der Waals surface area contributed by atoms with E-state index in [2.05, 4.69) is 5.32 Å². The first-order chi connectivity index (χ1) is 12.2. The van der Waals surface area contributed by atoms with Crippen molar-refractivity contribution in [2.45, 2.75) is 57.5 Å². The molecule has 0 radical (unpaired) electrons. The number of methoxy groups -OCH3 is 2. The van der Waals surface area contributed by atoms with E-state index >= 15 is 0 Å². The molecule has 5 heteroatoms. The van der Waals surface area contributed by atoms with Crippen molar-refractivity contribution in [1.29, 1.82) is 0 Å². The van der Waals surface area contributed by atoms with Crippen LogP contribution in [0.25, 0.3) is 0 Å². The van der Waals surface area contributed by atoms with Gasteiger partial charge in [-0.25, -0.2) is 0 Å². The fourth-order valence-electron chi connectivity index (χ4n) is 3.94. The number of ether oxygens (including phenoxy) is 2. The van der Waals surface area contributed by atoms with Crippen molar-refractivity contribution in [3.8, 4) is 11.5 Å². The Hall–Kier alpha value is -1.75. The summed E-state index contributed by atoms with van der Waals surface area (Å²) in [6.45, 7) is 2.24. The van der Waals surface area contributed by atoms with Crippen molar-refractivity contribution in [1.82, 2.24) is 10.2 Å². The molecule has 1 amide bonds. The van der Waals surface area contributed by atoms with Crippen LogP contribution in [0.3, 0.4) is 0 Å². The average Bonchev–Trinajstić information content (AvgIpc) is 2.67. The summed E-state index contributed by atoms with van der Waals surface area (Å²) in [7, 11) is 3.30. The van der Waals surface area contributed by atoms with Crippen molar-refractivity contribution in [3.63, 3.8) is 0 Å². The largest absolute Gasteiger partial charge is 0.493 e. The van der Waals surface area contributed by atoms with Crippen LogP contribution in [-0.4, -0.2) is 44.2 Å². The van der Waals surface area contributed by atoms with Gasteiger partial charge in [0.15, 0.2) is 11.5 Å².